The van der Waals surface area contributed by atoms with Crippen molar-refractivity contribution in [3.8, 4) is 16.8 Å². The number of halogens is 1. The van der Waals surface area contributed by atoms with Crippen molar-refractivity contribution >= 4 is 34.6 Å². The van der Waals surface area contributed by atoms with Crippen LogP contribution in [0.1, 0.15) is 40.3 Å². The van der Waals surface area contributed by atoms with E-state index in [0.29, 0.717) is 16.5 Å². The van der Waals surface area contributed by atoms with Crippen LogP contribution in [-0.2, 0) is 11.2 Å². The maximum atomic E-state index is 13.4. The summed E-state index contributed by atoms with van der Waals surface area (Å²) in [5.74, 6) is -0.322. The number of fused-ring (bicyclic) bond motifs is 1. The van der Waals surface area contributed by atoms with E-state index in [9.17, 15) is 9.59 Å². The van der Waals surface area contributed by atoms with Crippen LogP contribution in [0.2, 0.25) is 5.02 Å². The number of esters is 1. The molecule has 2 N–H and O–H groups in total. The van der Waals surface area contributed by atoms with Gasteiger partial charge in [0, 0.05) is 39.5 Å². The van der Waals surface area contributed by atoms with Crippen LogP contribution in [-0.4, -0.2) is 43.5 Å². The third-order valence-electron chi connectivity index (χ3n) is 6.53. The molecular weight excluding hydrogens is 514 g/mol. The number of carbonyl (C=O) groups is 1. The van der Waals surface area contributed by atoms with Crippen LogP contribution in [0.5, 0.6) is 0 Å². The number of hydrogen-bond donors (Lipinski definition) is 2. The van der Waals surface area contributed by atoms with E-state index >= 15 is 0 Å². The number of tetrazole rings is 1. The van der Waals surface area contributed by atoms with Crippen molar-refractivity contribution in [3.63, 3.8) is 0 Å². The molecule has 0 amide bonds. The Bertz CT molecular complexity index is 1580. The summed E-state index contributed by atoms with van der Waals surface area (Å²) >= 11 is 7.65. The second kappa shape index (κ2) is 9.49. The smallest absolute Gasteiger partial charge is 0.348 e. The van der Waals surface area contributed by atoms with Gasteiger partial charge < -0.3 is 19.9 Å². The lowest BCUT2D eigenvalue weighted by atomic mass is 10.0. The summed E-state index contributed by atoms with van der Waals surface area (Å²) in [6.45, 7) is 2.12. The summed E-state index contributed by atoms with van der Waals surface area (Å²) in [6.07, 6.45) is 4.80. The molecule has 37 heavy (non-hydrogen) atoms. The molecular formula is C25H22ClN7O3S. The van der Waals surface area contributed by atoms with Gasteiger partial charge in [-0.1, -0.05) is 11.6 Å². The molecule has 12 heteroatoms. The van der Waals surface area contributed by atoms with Crippen LogP contribution in [0.4, 0.5) is 0 Å². The van der Waals surface area contributed by atoms with Crippen molar-refractivity contribution in [2.24, 2.45) is 0 Å². The fourth-order valence-corrected chi connectivity index (χ4v) is 5.87. The molecule has 188 valence electrons. The van der Waals surface area contributed by atoms with E-state index in [0.717, 1.165) is 46.6 Å². The predicted molar refractivity (Wildman–Crippen MR) is 140 cm³/mol. The SMILES string of the molecule is CCOC(=O)c1cc(C2=CNC(C3CCc4cc(-c5cc(Cl)ccc5-n5cnnn5)cc(=O)n43)N2)cs1. The Kier molecular flexibility index (Phi) is 6.01. The molecule has 2 atom stereocenters. The van der Waals surface area contributed by atoms with Crippen molar-refractivity contribution in [1.82, 2.24) is 35.4 Å². The zero-order valence-corrected chi connectivity index (χ0v) is 21.3. The van der Waals surface area contributed by atoms with E-state index < -0.39 is 0 Å². The van der Waals surface area contributed by atoms with E-state index in [2.05, 4.69) is 26.2 Å². The molecule has 5 heterocycles. The van der Waals surface area contributed by atoms with Crippen molar-refractivity contribution in [2.75, 3.05) is 6.61 Å². The van der Waals surface area contributed by atoms with Gasteiger partial charge in [-0.05, 0) is 66.1 Å². The normalized spacial score (nSPS) is 18.2. The summed E-state index contributed by atoms with van der Waals surface area (Å²) in [5, 5.41) is 20.8. The van der Waals surface area contributed by atoms with Crippen molar-refractivity contribution in [2.45, 2.75) is 32.0 Å². The number of pyridine rings is 1. The van der Waals surface area contributed by atoms with Gasteiger partial charge in [0.2, 0.25) is 0 Å². The minimum absolute atomic E-state index is 0.0770. The van der Waals surface area contributed by atoms with Crippen LogP contribution in [0.15, 0.2) is 59.1 Å². The first kappa shape index (κ1) is 23.4. The first-order valence-electron chi connectivity index (χ1n) is 11.8. The van der Waals surface area contributed by atoms with Gasteiger partial charge in [0.1, 0.15) is 17.4 Å². The largest absolute Gasteiger partial charge is 0.462 e. The van der Waals surface area contributed by atoms with Crippen LogP contribution >= 0.6 is 22.9 Å². The topological polar surface area (TPSA) is 116 Å². The Morgan fingerprint density at radius 2 is 2.14 bits per heavy atom. The third-order valence-corrected chi connectivity index (χ3v) is 7.68. The number of nitrogens with one attached hydrogen (secondary N) is 2. The lowest BCUT2D eigenvalue weighted by molar-refractivity contribution is 0.0532. The van der Waals surface area contributed by atoms with Crippen molar-refractivity contribution < 1.29 is 9.53 Å². The number of aryl methyl sites for hydroxylation is 1. The number of thiophene rings is 1. The molecule has 0 saturated heterocycles. The minimum atomic E-state index is -0.322. The minimum Gasteiger partial charge on any atom is -0.462 e. The molecule has 0 saturated carbocycles. The molecule has 10 nitrogen and oxygen atoms in total. The number of nitrogens with zero attached hydrogens (tertiary/aromatic N) is 5. The molecule has 0 fully saturated rings. The highest BCUT2D eigenvalue weighted by molar-refractivity contribution is 7.12. The lowest BCUT2D eigenvalue weighted by Gasteiger charge is -2.24. The monoisotopic (exact) mass is 535 g/mol. The highest BCUT2D eigenvalue weighted by atomic mass is 35.5. The molecule has 4 aromatic rings. The van der Waals surface area contributed by atoms with Gasteiger partial charge in [0.15, 0.2) is 0 Å². The highest BCUT2D eigenvalue weighted by Crippen LogP contribution is 2.34. The average Bonchev–Trinajstić information content (AvgIpc) is 3.69. The standard InChI is InChI=1S/C25H22ClN7O3S/c1-2-36-25(35)22-8-15(12-37-22)19-11-27-24(29-19)21-6-4-17-7-14(9-23(34)33(17)21)18-10-16(26)3-5-20(18)32-13-28-30-31-32/h3,5,7-13,21,24,27,29H,2,4,6H2,1H3. The summed E-state index contributed by atoms with van der Waals surface area (Å²) in [7, 11) is 0. The van der Waals surface area contributed by atoms with Gasteiger partial charge >= 0.3 is 5.97 Å². The van der Waals surface area contributed by atoms with Crippen molar-refractivity contribution in [1.29, 1.82) is 0 Å². The molecule has 6 rings (SSSR count). The van der Waals surface area contributed by atoms with Crippen LogP contribution in [0, 0.1) is 0 Å². The highest BCUT2D eigenvalue weighted by Gasteiger charge is 2.33. The predicted octanol–water partition coefficient (Wildman–Crippen LogP) is 3.39. The summed E-state index contributed by atoms with van der Waals surface area (Å²) in [6, 6.07) is 10.8. The summed E-state index contributed by atoms with van der Waals surface area (Å²) in [5.41, 5.74) is 4.92. The molecule has 0 bridgehead atoms. The van der Waals surface area contributed by atoms with Crippen LogP contribution in [0.25, 0.3) is 22.5 Å². The Morgan fingerprint density at radius 3 is 2.95 bits per heavy atom. The van der Waals surface area contributed by atoms with Crippen molar-refractivity contribution in [3.05, 3.63) is 85.8 Å². The van der Waals surface area contributed by atoms with Gasteiger partial charge in [-0.15, -0.1) is 16.4 Å². The fourth-order valence-electron chi connectivity index (χ4n) is 4.90. The Hall–Kier alpha value is -3.96. The van der Waals surface area contributed by atoms with E-state index in [1.807, 2.05) is 40.4 Å². The quantitative estimate of drug-likeness (QED) is 0.361. The zero-order chi connectivity index (χ0) is 25.5. The maximum absolute atomic E-state index is 13.4. The zero-order valence-electron chi connectivity index (χ0n) is 19.7. The molecule has 0 spiro atoms. The average molecular weight is 536 g/mol. The second-order valence-electron chi connectivity index (χ2n) is 8.73. The van der Waals surface area contributed by atoms with Gasteiger partial charge in [0.05, 0.1) is 24.0 Å². The molecule has 1 aromatic carbocycles. The first-order chi connectivity index (χ1) is 18.0. The van der Waals surface area contributed by atoms with E-state index in [1.165, 1.54) is 17.7 Å². The molecule has 3 aromatic heterocycles. The summed E-state index contributed by atoms with van der Waals surface area (Å²) in [4.78, 5) is 26.0. The number of benzene rings is 1. The van der Waals surface area contributed by atoms with Gasteiger partial charge in [-0.2, -0.15) is 4.68 Å². The van der Waals surface area contributed by atoms with E-state index in [-0.39, 0.29) is 23.7 Å². The lowest BCUT2D eigenvalue weighted by Crippen LogP contribution is -2.42. The van der Waals surface area contributed by atoms with E-state index in [4.69, 9.17) is 16.3 Å². The fraction of sp³-hybridized carbons (Fsp3) is 0.240. The molecule has 0 aliphatic carbocycles. The van der Waals surface area contributed by atoms with Crippen LogP contribution in [0.3, 0.4) is 0 Å². The Labute approximate surface area is 220 Å². The number of hydrogen-bond acceptors (Lipinski definition) is 9. The molecule has 0 radical (unpaired) electrons. The molecule has 2 unspecified atom stereocenters. The molecule has 2 aliphatic heterocycles. The van der Waals surface area contributed by atoms with Gasteiger partial charge in [0.25, 0.3) is 5.56 Å². The van der Waals surface area contributed by atoms with Crippen LogP contribution < -0.4 is 16.2 Å². The number of rotatable bonds is 6. The summed E-state index contributed by atoms with van der Waals surface area (Å²) < 4.78 is 8.50. The van der Waals surface area contributed by atoms with Gasteiger partial charge in [-0.25, -0.2) is 4.79 Å². The Balaban J connectivity index is 1.26. The second-order valence-corrected chi connectivity index (χ2v) is 10.1. The Morgan fingerprint density at radius 1 is 1.24 bits per heavy atom. The van der Waals surface area contributed by atoms with E-state index in [1.54, 1.807) is 23.7 Å². The number of aromatic nitrogens is 5. The first-order valence-corrected chi connectivity index (χ1v) is 13.0. The number of ether oxygens (including phenoxy) is 1. The maximum Gasteiger partial charge on any atom is 0.348 e. The third kappa shape index (κ3) is 4.30. The molecule has 2 aliphatic rings. The number of carbonyl (C=O) groups excluding carboxylic acids is 1. The van der Waals surface area contributed by atoms with Gasteiger partial charge in [-0.3, -0.25) is 4.79 Å².